The normalized spacial score (nSPS) is 12.2. The van der Waals surface area contributed by atoms with E-state index >= 15 is 0 Å². The molecule has 114 valence electrons. The Kier molecular flexibility index (Phi) is 8.85. The Morgan fingerprint density at radius 3 is 2.40 bits per heavy atom. The molecule has 0 fully saturated rings. The van der Waals surface area contributed by atoms with Gasteiger partial charge < -0.3 is 11.1 Å². The second-order valence-electron chi connectivity index (χ2n) is 6.30. The summed E-state index contributed by atoms with van der Waals surface area (Å²) in [7, 11) is 0. The molecule has 0 saturated carbocycles. The van der Waals surface area contributed by atoms with Crippen molar-refractivity contribution in [1.82, 2.24) is 5.32 Å². The van der Waals surface area contributed by atoms with Gasteiger partial charge in [0.2, 0.25) is 0 Å². The van der Waals surface area contributed by atoms with E-state index in [0.29, 0.717) is 11.9 Å². The molecule has 0 atom stereocenters. The van der Waals surface area contributed by atoms with Gasteiger partial charge in [-0.2, -0.15) is 0 Å². The molecule has 1 aromatic rings. The molecule has 0 saturated heterocycles. The van der Waals surface area contributed by atoms with Gasteiger partial charge in [0.15, 0.2) is 5.96 Å². The van der Waals surface area contributed by atoms with Crippen LogP contribution in [0.15, 0.2) is 35.3 Å². The van der Waals surface area contributed by atoms with E-state index in [2.05, 4.69) is 62.3 Å². The number of halogens is 1. The van der Waals surface area contributed by atoms with Crippen molar-refractivity contribution in [2.75, 3.05) is 13.1 Å². The van der Waals surface area contributed by atoms with E-state index in [4.69, 9.17) is 5.73 Å². The third kappa shape index (κ3) is 8.40. The number of guanidine groups is 1. The summed E-state index contributed by atoms with van der Waals surface area (Å²) in [5.41, 5.74) is 7.32. The second-order valence-corrected chi connectivity index (χ2v) is 6.30. The molecule has 1 rings (SSSR count). The summed E-state index contributed by atoms with van der Waals surface area (Å²) in [4.78, 5) is 4.45. The third-order valence-corrected chi connectivity index (χ3v) is 2.89. The van der Waals surface area contributed by atoms with Crippen molar-refractivity contribution in [3.8, 4) is 0 Å². The number of hydrogen-bond acceptors (Lipinski definition) is 1. The van der Waals surface area contributed by atoms with Crippen molar-refractivity contribution in [2.24, 2.45) is 22.1 Å². The van der Waals surface area contributed by atoms with Crippen LogP contribution in [0.2, 0.25) is 0 Å². The highest BCUT2D eigenvalue weighted by molar-refractivity contribution is 14.0. The average Bonchev–Trinajstić information content (AvgIpc) is 2.34. The van der Waals surface area contributed by atoms with E-state index in [0.717, 1.165) is 19.5 Å². The maximum Gasteiger partial charge on any atom is 0.188 e. The molecular weight excluding hydrogens is 361 g/mol. The topological polar surface area (TPSA) is 50.4 Å². The van der Waals surface area contributed by atoms with Crippen LogP contribution in [0.25, 0.3) is 0 Å². The van der Waals surface area contributed by atoms with Crippen LogP contribution in [0.1, 0.15) is 33.3 Å². The molecule has 3 N–H and O–H groups in total. The molecule has 0 heterocycles. The number of nitrogens with one attached hydrogen (secondary N) is 1. The number of benzene rings is 1. The van der Waals surface area contributed by atoms with Gasteiger partial charge in [0.25, 0.3) is 0 Å². The molecule has 0 amide bonds. The molecule has 0 spiro atoms. The number of nitrogens with two attached hydrogens (primary N) is 1. The van der Waals surface area contributed by atoms with Crippen molar-refractivity contribution in [3.63, 3.8) is 0 Å². The third-order valence-electron chi connectivity index (χ3n) is 2.89. The Balaban J connectivity index is 0.00000361. The van der Waals surface area contributed by atoms with Gasteiger partial charge in [0, 0.05) is 13.1 Å². The van der Waals surface area contributed by atoms with Crippen LogP contribution in [0.4, 0.5) is 0 Å². The Morgan fingerprint density at radius 1 is 1.25 bits per heavy atom. The largest absolute Gasteiger partial charge is 0.370 e. The monoisotopic (exact) mass is 389 g/mol. The molecule has 0 radical (unpaired) electrons. The van der Waals surface area contributed by atoms with Crippen molar-refractivity contribution in [1.29, 1.82) is 0 Å². The van der Waals surface area contributed by atoms with E-state index in [1.54, 1.807) is 0 Å². The molecule has 0 aliphatic heterocycles. The fraction of sp³-hybridized carbons (Fsp3) is 0.562. The van der Waals surface area contributed by atoms with Gasteiger partial charge in [0.05, 0.1) is 0 Å². The van der Waals surface area contributed by atoms with E-state index < -0.39 is 0 Å². The molecule has 0 aromatic heterocycles. The van der Waals surface area contributed by atoms with Crippen LogP contribution in [0, 0.1) is 11.3 Å². The number of hydrogen-bond donors (Lipinski definition) is 2. The Hall–Kier alpha value is -0.780. The van der Waals surface area contributed by atoms with E-state index in [9.17, 15) is 0 Å². The zero-order valence-electron chi connectivity index (χ0n) is 13.0. The first-order valence-electron chi connectivity index (χ1n) is 6.97. The van der Waals surface area contributed by atoms with Crippen LogP contribution in [-0.4, -0.2) is 19.0 Å². The lowest BCUT2D eigenvalue weighted by Crippen LogP contribution is -2.35. The van der Waals surface area contributed by atoms with Gasteiger partial charge in [0.1, 0.15) is 0 Å². The van der Waals surface area contributed by atoms with Gasteiger partial charge in [-0.15, -0.1) is 24.0 Å². The van der Waals surface area contributed by atoms with Gasteiger partial charge >= 0.3 is 0 Å². The van der Waals surface area contributed by atoms with Gasteiger partial charge in [-0.3, -0.25) is 4.99 Å². The lowest BCUT2D eigenvalue weighted by Gasteiger charge is -2.22. The fourth-order valence-electron chi connectivity index (χ4n) is 1.87. The van der Waals surface area contributed by atoms with Crippen molar-refractivity contribution >= 4 is 29.9 Å². The van der Waals surface area contributed by atoms with Crippen LogP contribution in [0.5, 0.6) is 0 Å². The summed E-state index contributed by atoms with van der Waals surface area (Å²) in [6.45, 7) is 10.4. The smallest absolute Gasteiger partial charge is 0.188 e. The molecule has 0 unspecified atom stereocenters. The summed E-state index contributed by atoms with van der Waals surface area (Å²) >= 11 is 0. The maximum absolute atomic E-state index is 5.86. The zero-order valence-corrected chi connectivity index (χ0v) is 15.3. The minimum absolute atomic E-state index is 0. The van der Waals surface area contributed by atoms with E-state index in [-0.39, 0.29) is 29.4 Å². The van der Waals surface area contributed by atoms with Crippen molar-refractivity contribution in [2.45, 2.75) is 34.1 Å². The molecule has 4 heteroatoms. The predicted octanol–water partition coefficient (Wildman–Crippen LogP) is 3.43. The van der Waals surface area contributed by atoms with Crippen LogP contribution < -0.4 is 11.1 Å². The number of rotatable bonds is 6. The first-order valence-corrected chi connectivity index (χ1v) is 6.97. The van der Waals surface area contributed by atoms with Gasteiger partial charge in [-0.05, 0) is 23.3 Å². The molecule has 3 nitrogen and oxygen atoms in total. The maximum atomic E-state index is 5.86. The van der Waals surface area contributed by atoms with Gasteiger partial charge in [-0.1, -0.05) is 58.0 Å². The molecular formula is C16H28IN3. The first-order chi connectivity index (χ1) is 8.89. The SMILES string of the molecule is CC(C)CNC(N)=NCC(C)(C)Cc1ccccc1.I. The minimum atomic E-state index is 0. The minimum Gasteiger partial charge on any atom is -0.370 e. The highest BCUT2D eigenvalue weighted by Crippen LogP contribution is 2.21. The van der Waals surface area contributed by atoms with E-state index in [1.165, 1.54) is 5.56 Å². The fourth-order valence-corrected chi connectivity index (χ4v) is 1.87. The number of nitrogens with zero attached hydrogens (tertiary/aromatic N) is 1. The first kappa shape index (κ1) is 19.2. The van der Waals surface area contributed by atoms with Crippen molar-refractivity contribution < 1.29 is 0 Å². The summed E-state index contributed by atoms with van der Waals surface area (Å²) in [5, 5.41) is 3.15. The quantitative estimate of drug-likeness (QED) is 0.445. The Bertz CT molecular complexity index is 399. The zero-order chi connectivity index (χ0) is 14.3. The molecule has 20 heavy (non-hydrogen) atoms. The second kappa shape index (κ2) is 9.21. The number of aliphatic imine (C=N–C) groups is 1. The van der Waals surface area contributed by atoms with Crippen molar-refractivity contribution in [3.05, 3.63) is 35.9 Å². The van der Waals surface area contributed by atoms with Crippen LogP contribution in [-0.2, 0) is 6.42 Å². The van der Waals surface area contributed by atoms with Gasteiger partial charge in [-0.25, -0.2) is 0 Å². The summed E-state index contributed by atoms with van der Waals surface area (Å²) in [5.74, 6) is 1.13. The standard InChI is InChI=1S/C16H27N3.HI/c1-13(2)11-18-15(17)19-12-16(3,4)10-14-8-6-5-7-9-14;/h5-9,13H,10-12H2,1-4H3,(H3,17,18,19);1H. The molecule has 0 bridgehead atoms. The highest BCUT2D eigenvalue weighted by atomic mass is 127. The Morgan fingerprint density at radius 2 is 1.85 bits per heavy atom. The van der Waals surface area contributed by atoms with Crippen LogP contribution in [0.3, 0.4) is 0 Å². The molecule has 0 aliphatic rings. The predicted molar refractivity (Wildman–Crippen MR) is 98.7 cm³/mol. The lowest BCUT2D eigenvalue weighted by molar-refractivity contribution is 0.377. The lowest BCUT2D eigenvalue weighted by atomic mass is 9.86. The average molecular weight is 389 g/mol. The summed E-state index contributed by atoms with van der Waals surface area (Å²) in [6, 6.07) is 10.5. The molecule has 1 aromatic carbocycles. The summed E-state index contributed by atoms with van der Waals surface area (Å²) in [6.07, 6.45) is 1.01. The Labute approximate surface area is 140 Å². The van der Waals surface area contributed by atoms with E-state index in [1.807, 2.05) is 6.07 Å². The summed E-state index contributed by atoms with van der Waals surface area (Å²) < 4.78 is 0. The van der Waals surface area contributed by atoms with Crippen LogP contribution >= 0.6 is 24.0 Å². The molecule has 0 aliphatic carbocycles. The highest BCUT2D eigenvalue weighted by Gasteiger charge is 2.18.